The number of aliphatic carboxylic acids is 1. The number of amides is 3. The first kappa shape index (κ1) is 10.5. The van der Waals surface area contributed by atoms with Gasteiger partial charge in [-0.3, -0.25) is 14.9 Å². The lowest BCUT2D eigenvalue weighted by Crippen LogP contribution is -2.57. The molecule has 0 saturated carbocycles. The van der Waals surface area contributed by atoms with E-state index in [1.807, 2.05) is 0 Å². The maximum atomic E-state index is 11.4. The van der Waals surface area contributed by atoms with Crippen molar-refractivity contribution in [1.82, 2.24) is 10.6 Å². The molecule has 1 unspecified atom stereocenters. The third kappa shape index (κ3) is 2.21. The molecular weight excluding hydrogens is 188 g/mol. The predicted octanol–water partition coefficient (Wildman–Crippen LogP) is -0.303. The van der Waals surface area contributed by atoms with Crippen LogP contribution in [0.25, 0.3) is 0 Å². The zero-order valence-corrected chi connectivity index (χ0v) is 7.79. The molecule has 78 valence electrons. The molecule has 1 heterocycles. The van der Waals surface area contributed by atoms with Gasteiger partial charge >= 0.3 is 12.0 Å². The Kier molecular flexibility index (Phi) is 2.73. The Balaban J connectivity index is 2.59. The highest BCUT2D eigenvalue weighted by Crippen LogP contribution is 2.24. The summed E-state index contributed by atoms with van der Waals surface area (Å²) in [7, 11) is 0. The van der Waals surface area contributed by atoms with Crippen LogP contribution in [0, 0.1) is 5.41 Å². The molecule has 14 heavy (non-hydrogen) atoms. The van der Waals surface area contributed by atoms with Crippen molar-refractivity contribution in [2.45, 2.75) is 19.8 Å². The van der Waals surface area contributed by atoms with E-state index >= 15 is 0 Å². The van der Waals surface area contributed by atoms with E-state index in [1.165, 1.54) is 0 Å². The quantitative estimate of drug-likeness (QED) is 0.582. The first-order chi connectivity index (χ1) is 6.44. The van der Waals surface area contributed by atoms with E-state index in [2.05, 4.69) is 10.6 Å². The van der Waals surface area contributed by atoms with Gasteiger partial charge in [0.15, 0.2) is 0 Å². The molecule has 6 nitrogen and oxygen atoms in total. The predicted molar refractivity (Wildman–Crippen MR) is 46.5 cm³/mol. The number of carbonyl (C=O) groups is 3. The highest BCUT2D eigenvalue weighted by molar-refractivity contribution is 5.99. The molecule has 1 saturated heterocycles. The average Bonchev–Trinajstić information content (AvgIpc) is 2.09. The van der Waals surface area contributed by atoms with Crippen molar-refractivity contribution in [3.8, 4) is 0 Å². The van der Waals surface area contributed by atoms with Crippen molar-refractivity contribution in [3.63, 3.8) is 0 Å². The summed E-state index contributed by atoms with van der Waals surface area (Å²) in [5.41, 5.74) is -0.813. The molecule has 1 aliphatic heterocycles. The maximum Gasteiger partial charge on any atom is 0.321 e. The largest absolute Gasteiger partial charge is 0.481 e. The number of carboxylic acids is 1. The highest BCUT2D eigenvalue weighted by Gasteiger charge is 2.38. The van der Waals surface area contributed by atoms with E-state index in [1.54, 1.807) is 6.92 Å². The summed E-state index contributed by atoms with van der Waals surface area (Å²) in [4.78, 5) is 32.5. The minimum Gasteiger partial charge on any atom is -0.481 e. The normalized spacial score (nSPS) is 26.6. The molecule has 1 atom stereocenters. The molecule has 0 aromatic rings. The van der Waals surface area contributed by atoms with Crippen LogP contribution in [0.4, 0.5) is 4.79 Å². The minimum atomic E-state index is -0.948. The first-order valence-corrected chi connectivity index (χ1v) is 4.25. The highest BCUT2D eigenvalue weighted by atomic mass is 16.4. The van der Waals surface area contributed by atoms with Gasteiger partial charge in [-0.15, -0.1) is 0 Å². The summed E-state index contributed by atoms with van der Waals surface area (Å²) in [5, 5.41) is 13.1. The van der Waals surface area contributed by atoms with E-state index in [-0.39, 0.29) is 19.4 Å². The van der Waals surface area contributed by atoms with Crippen LogP contribution < -0.4 is 10.6 Å². The standard InChI is InChI=1S/C8H12N2O4/c1-8(3-2-5(11)12)4-9-7(14)10-6(8)13/h2-4H2,1H3,(H,11,12)(H2,9,10,13,14). The molecule has 1 rings (SSSR count). The fourth-order valence-electron chi connectivity index (χ4n) is 1.24. The van der Waals surface area contributed by atoms with E-state index in [0.717, 1.165) is 0 Å². The lowest BCUT2D eigenvalue weighted by molar-refractivity contribution is -0.138. The number of imide groups is 1. The molecule has 0 aliphatic carbocycles. The minimum absolute atomic E-state index is 0.0835. The van der Waals surface area contributed by atoms with Crippen LogP contribution in [0.1, 0.15) is 19.8 Å². The summed E-state index contributed by atoms with van der Waals surface area (Å²) in [6.07, 6.45) is 0.133. The Labute approximate surface area is 80.7 Å². The third-order valence-corrected chi connectivity index (χ3v) is 2.30. The van der Waals surface area contributed by atoms with Gasteiger partial charge in [0, 0.05) is 13.0 Å². The van der Waals surface area contributed by atoms with Gasteiger partial charge in [0.25, 0.3) is 0 Å². The van der Waals surface area contributed by atoms with E-state index < -0.39 is 23.3 Å². The number of rotatable bonds is 3. The van der Waals surface area contributed by atoms with Crippen molar-refractivity contribution in [3.05, 3.63) is 0 Å². The Hall–Kier alpha value is -1.59. The molecule has 3 N–H and O–H groups in total. The number of hydrogen-bond donors (Lipinski definition) is 3. The molecule has 1 aliphatic rings. The molecule has 1 fully saturated rings. The zero-order chi connectivity index (χ0) is 10.8. The van der Waals surface area contributed by atoms with E-state index in [0.29, 0.717) is 0 Å². The Morgan fingerprint density at radius 3 is 2.71 bits per heavy atom. The van der Waals surface area contributed by atoms with Crippen LogP contribution in [0.15, 0.2) is 0 Å². The summed E-state index contributed by atoms with van der Waals surface area (Å²) in [6.45, 7) is 1.82. The second-order valence-corrected chi connectivity index (χ2v) is 3.59. The number of nitrogens with one attached hydrogen (secondary N) is 2. The molecule has 3 amide bonds. The van der Waals surface area contributed by atoms with Gasteiger partial charge in [0.05, 0.1) is 5.41 Å². The monoisotopic (exact) mass is 200 g/mol. The molecule has 0 aromatic carbocycles. The fourth-order valence-corrected chi connectivity index (χ4v) is 1.24. The van der Waals surface area contributed by atoms with Gasteiger partial charge in [-0.05, 0) is 13.3 Å². The van der Waals surface area contributed by atoms with Crippen molar-refractivity contribution in [1.29, 1.82) is 0 Å². The molecular formula is C8H12N2O4. The van der Waals surface area contributed by atoms with Gasteiger partial charge in [0.1, 0.15) is 0 Å². The van der Waals surface area contributed by atoms with Crippen LogP contribution in [0.5, 0.6) is 0 Å². The first-order valence-electron chi connectivity index (χ1n) is 4.25. The molecule has 0 spiro atoms. The van der Waals surface area contributed by atoms with Crippen LogP contribution in [0.2, 0.25) is 0 Å². The number of urea groups is 1. The molecule has 6 heteroatoms. The van der Waals surface area contributed by atoms with Gasteiger partial charge in [-0.2, -0.15) is 0 Å². The number of hydrogen-bond acceptors (Lipinski definition) is 3. The molecule has 0 bridgehead atoms. The van der Waals surface area contributed by atoms with Crippen LogP contribution in [-0.2, 0) is 9.59 Å². The zero-order valence-electron chi connectivity index (χ0n) is 7.79. The van der Waals surface area contributed by atoms with Crippen LogP contribution in [0.3, 0.4) is 0 Å². The number of carboxylic acid groups (broad SMARTS) is 1. The van der Waals surface area contributed by atoms with Crippen LogP contribution >= 0.6 is 0 Å². The van der Waals surface area contributed by atoms with Crippen molar-refractivity contribution in [2.24, 2.45) is 5.41 Å². The average molecular weight is 200 g/mol. The maximum absolute atomic E-state index is 11.4. The summed E-state index contributed by atoms with van der Waals surface area (Å²) in [5.74, 6) is -1.36. The Bertz CT molecular complexity index is 289. The lowest BCUT2D eigenvalue weighted by Gasteiger charge is -2.31. The summed E-state index contributed by atoms with van der Waals surface area (Å²) >= 11 is 0. The van der Waals surface area contributed by atoms with Crippen molar-refractivity contribution in [2.75, 3.05) is 6.54 Å². The topological polar surface area (TPSA) is 95.5 Å². The second kappa shape index (κ2) is 3.65. The summed E-state index contributed by atoms with van der Waals surface area (Å²) in [6, 6.07) is -0.525. The smallest absolute Gasteiger partial charge is 0.321 e. The SMILES string of the molecule is CC1(CCC(=O)O)CNC(=O)NC1=O. The van der Waals surface area contributed by atoms with Crippen LogP contribution in [-0.4, -0.2) is 29.6 Å². The van der Waals surface area contributed by atoms with Gasteiger partial charge in [0.2, 0.25) is 5.91 Å². The molecule has 0 radical (unpaired) electrons. The summed E-state index contributed by atoms with van der Waals surface area (Å²) < 4.78 is 0. The van der Waals surface area contributed by atoms with E-state index in [4.69, 9.17) is 5.11 Å². The second-order valence-electron chi connectivity index (χ2n) is 3.59. The Morgan fingerprint density at radius 1 is 1.57 bits per heavy atom. The van der Waals surface area contributed by atoms with Gasteiger partial charge in [-0.25, -0.2) is 4.79 Å². The van der Waals surface area contributed by atoms with Gasteiger partial charge < -0.3 is 10.4 Å². The third-order valence-electron chi connectivity index (χ3n) is 2.30. The van der Waals surface area contributed by atoms with Gasteiger partial charge in [-0.1, -0.05) is 0 Å². The fraction of sp³-hybridized carbons (Fsp3) is 0.625. The van der Waals surface area contributed by atoms with Crippen molar-refractivity contribution < 1.29 is 19.5 Å². The number of carbonyl (C=O) groups excluding carboxylic acids is 2. The Morgan fingerprint density at radius 2 is 2.21 bits per heavy atom. The van der Waals surface area contributed by atoms with E-state index in [9.17, 15) is 14.4 Å². The lowest BCUT2D eigenvalue weighted by atomic mass is 9.83. The molecule has 0 aromatic heterocycles. The van der Waals surface area contributed by atoms with Crippen molar-refractivity contribution >= 4 is 17.9 Å².